The van der Waals surface area contributed by atoms with E-state index in [1.807, 2.05) is 0 Å². The quantitative estimate of drug-likeness (QED) is 0.417. The Labute approximate surface area is 116 Å². The first-order valence-corrected chi connectivity index (χ1v) is 5.87. The van der Waals surface area contributed by atoms with Gasteiger partial charge in [0, 0.05) is 23.3 Å². The Balaban J connectivity index is 4.36. The van der Waals surface area contributed by atoms with Gasteiger partial charge in [-0.1, -0.05) is 27.0 Å². The van der Waals surface area contributed by atoms with Crippen LogP contribution in [0.2, 0.25) is 0 Å². The summed E-state index contributed by atoms with van der Waals surface area (Å²) < 4.78 is 8.71. The first-order chi connectivity index (χ1) is 9.31. The van der Waals surface area contributed by atoms with Crippen LogP contribution in [-0.2, 0) is 28.7 Å². The van der Waals surface area contributed by atoms with Crippen molar-refractivity contribution in [1.29, 1.82) is 0 Å². The van der Waals surface area contributed by atoms with Crippen molar-refractivity contribution < 1.29 is 28.7 Å². The highest BCUT2D eigenvalue weighted by atomic mass is 16.6. The number of carbonyl (C=O) groups excluding carboxylic acids is 4. The van der Waals surface area contributed by atoms with Crippen molar-refractivity contribution in [3.63, 3.8) is 0 Å². The lowest BCUT2D eigenvalue weighted by Crippen LogP contribution is -2.14. The van der Waals surface area contributed by atoms with Crippen molar-refractivity contribution in [2.45, 2.75) is 26.7 Å². The Kier molecular flexibility index (Phi) is 7.50. The Hall–Kier alpha value is -2.50. The molecular weight excluding hydrogens is 264 g/mol. The average Bonchev–Trinajstić information content (AvgIpc) is 2.42. The number of rotatable bonds is 6. The Morgan fingerprint density at radius 1 is 0.800 bits per heavy atom. The number of carbonyl (C=O) groups is 4. The van der Waals surface area contributed by atoms with Gasteiger partial charge in [-0.05, 0) is 12.8 Å². The second-order valence-corrected chi connectivity index (χ2v) is 3.66. The van der Waals surface area contributed by atoms with E-state index in [1.54, 1.807) is 13.8 Å². The number of hydrogen-bond acceptors (Lipinski definition) is 6. The minimum absolute atomic E-state index is 0.128. The lowest BCUT2D eigenvalue weighted by Gasteiger charge is -2.01. The highest BCUT2D eigenvalue weighted by Gasteiger charge is 2.13. The van der Waals surface area contributed by atoms with Crippen LogP contribution in [0.1, 0.15) is 26.7 Å². The molecule has 0 amide bonds. The second-order valence-electron chi connectivity index (χ2n) is 3.66. The van der Waals surface area contributed by atoms with Crippen LogP contribution in [0.15, 0.2) is 36.5 Å². The van der Waals surface area contributed by atoms with Crippen LogP contribution < -0.4 is 0 Å². The molecule has 0 atom stereocenters. The molecule has 0 aromatic rings. The summed E-state index contributed by atoms with van der Waals surface area (Å²) in [6, 6.07) is 0. The topological polar surface area (TPSA) is 86.7 Å². The van der Waals surface area contributed by atoms with Gasteiger partial charge < -0.3 is 9.47 Å². The fourth-order valence-corrected chi connectivity index (χ4v) is 0.820. The molecule has 0 aliphatic carbocycles. The summed E-state index contributed by atoms with van der Waals surface area (Å²) >= 11 is 0. The summed E-state index contributed by atoms with van der Waals surface area (Å²) in [5.41, 5.74) is 0.257. The van der Waals surface area contributed by atoms with Gasteiger partial charge >= 0.3 is 23.9 Å². The van der Waals surface area contributed by atoms with E-state index in [9.17, 15) is 19.2 Å². The zero-order valence-corrected chi connectivity index (χ0v) is 11.4. The summed E-state index contributed by atoms with van der Waals surface area (Å²) in [5, 5.41) is 0. The molecule has 0 fully saturated rings. The predicted molar refractivity (Wildman–Crippen MR) is 70.2 cm³/mol. The average molecular weight is 280 g/mol. The molecule has 0 aromatic carbocycles. The fourth-order valence-electron chi connectivity index (χ4n) is 0.820. The first-order valence-electron chi connectivity index (χ1n) is 5.87. The summed E-state index contributed by atoms with van der Waals surface area (Å²) in [6.45, 7) is 10.1. The molecule has 0 unspecified atom stereocenters. The molecule has 6 nitrogen and oxygen atoms in total. The van der Waals surface area contributed by atoms with Crippen molar-refractivity contribution >= 4 is 23.9 Å². The molecule has 0 aliphatic heterocycles. The van der Waals surface area contributed by atoms with Gasteiger partial charge in [-0.25, -0.2) is 19.2 Å². The number of esters is 4. The predicted octanol–water partition coefficient (Wildman–Crippen LogP) is 1.61. The van der Waals surface area contributed by atoms with Gasteiger partial charge in [0.05, 0.1) is 0 Å². The van der Waals surface area contributed by atoms with E-state index in [0.717, 1.165) is 0 Å². The summed E-state index contributed by atoms with van der Waals surface area (Å²) in [5.74, 6) is -3.84. The Morgan fingerprint density at radius 3 is 1.35 bits per heavy atom. The standard InChI is InChI=1S/C14H16O6/c1-5-9(3)13(17)19-11(15)7-8-12(16)20-14(18)10(4)6-2/h7-8H,3-6H2,1-2H3. The highest BCUT2D eigenvalue weighted by molar-refractivity contribution is 6.03. The molecule has 0 rings (SSSR count). The summed E-state index contributed by atoms with van der Waals surface area (Å²) in [6.07, 6.45) is 2.05. The third-order valence-electron chi connectivity index (χ3n) is 2.17. The van der Waals surface area contributed by atoms with E-state index >= 15 is 0 Å². The fraction of sp³-hybridized carbons (Fsp3) is 0.286. The van der Waals surface area contributed by atoms with Crippen molar-refractivity contribution in [2.24, 2.45) is 0 Å². The summed E-state index contributed by atoms with van der Waals surface area (Å²) in [7, 11) is 0. The third-order valence-corrected chi connectivity index (χ3v) is 2.17. The van der Waals surface area contributed by atoms with Gasteiger partial charge in [-0.3, -0.25) is 0 Å². The molecule has 0 heterocycles. The molecule has 20 heavy (non-hydrogen) atoms. The molecule has 0 bridgehead atoms. The molecule has 108 valence electrons. The monoisotopic (exact) mass is 280 g/mol. The van der Waals surface area contributed by atoms with Crippen molar-refractivity contribution in [3.8, 4) is 0 Å². The van der Waals surface area contributed by atoms with Crippen LogP contribution in [0.4, 0.5) is 0 Å². The SMILES string of the molecule is C=C(CC)C(=O)OC(=O)C=CC(=O)OC(=O)C(=C)CC. The van der Waals surface area contributed by atoms with Crippen LogP contribution >= 0.6 is 0 Å². The van der Waals surface area contributed by atoms with E-state index in [-0.39, 0.29) is 11.1 Å². The second kappa shape index (κ2) is 8.58. The van der Waals surface area contributed by atoms with E-state index < -0.39 is 23.9 Å². The smallest absolute Gasteiger partial charge is 0.341 e. The van der Waals surface area contributed by atoms with Crippen molar-refractivity contribution in [3.05, 3.63) is 36.5 Å². The largest absolute Gasteiger partial charge is 0.386 e. The van der Waals surface area contributed by atoms with E-state index in [1.165, 1.54) is 0 Å². The number of hydrogen-bond donors (Lipinski definition) is 0. The zero-order valence-electron chi connectivity index (χ0n) is 11.4. The van der Waals surface area contributed by atoms with Crippen LogP contribution in [0.3, 0.4) is 0 Å². The molecule has 0 N–H and O–H groups in total. The van der Waals surface area contributed by atoms with E-state index in [4.69, 9.17) is 0 Å². The normalized spacial score (nSPS) is 9.90. The summed E-state index contributed by atoms with van der Waals surface area (Å²) in [4.78, 5) is 44.7. The van der Waals surface area contributed by atoms with E-state index in [2.05, 4.69) is 22.6 Å². The lowest BCUT2D eigenvalue weighted by molar-refractivity contribution is -0.156. The molecule has 0 saturated heterocycles. The molecule has 0 spiro atoms. The maximum atomic E-state index is 11.2. The minimum Gasteiger partial charge on any atom is -0.386 e. The van der Waals surface area contributed by atoms with Crippen molar-refractivity contribution in [1.82, 2.24) is 0 Å². The molecule has 0 aromatic heterocycles. The maximum Gasteiger partial charge on any atom is 0.341 e. The van der Waals surface area contributed by atoms with Gasteiger partial charge in [0.2, 0.25) is 0 Å². The van der Waals surface area contributed by atoms with Gasteiger partial charge in [-0.15, -0.1) is 0 Å². The third kappa shape index (κ3) is 6.44. The molecule has 0 aliphatic rings. The molecule has 0 radical (unpaired) electrons. The highest BCUT2D eigenvalue weighted by Crippen LogP contribution is 2.01. The molecule has 0 saturated carbocycles. The number of ether oxygens (including phenoxy) is 2. The molecule has 6 heteroatoms. The van der Waals surface area contributed by atoms with Gasteiger partial charge in [0.25, 0.3) is 0 Å². The van der Waals surface area contributed by atoms with Crippen LogP contribution in [0.5, 0.6) is 0 Å². The van der Waals surface area contributed by atoms with Gasteiger partial charge in [-0.2, -0.15) is 0 Å². The minimum atomic E-state index is -1.05. The lowest BCUT2D eigenvalue weighted by atomic mass is 10.2. The van der Waals surface area contributed by atoms with Crippen LogP contribution in [0.25, 0.3) is 0 Å². The van der Waals surface area contributed by atoms with E-state index in [0.29, 0.717) is 25.0 Å². The van der Waals surface area contributed by atoms with Crippen LogP contribution in [0, 0.1) is 0 Å². The Bertz CT molecular complexity index is 440. The first kappa shape index (κ1) is 17.5. The Morgan fingerprint density at radius 2 is 1.10 bits per heavy atom. The molecular formula is C14H16O6. The zero-order chi connectivity index (χ0) is 15.7. The van der Waals surface area contributed by atoms with Crippen LogP contribution in [-0.4, -0.2) is 23.9 Å². The van der Waals surface area contributed by atoms with Crippen molar-refractivity contribution in [2.75, 3.05) is 0 Å². The van der Waals surface area contributed by atoms with Gasteiger partial charge in [0.1, 0.15) is 0 Å². The van der Waals surface area contributed by atoms with Gasteiger partial charge in [0.15, 0.2) is 0 Å². The maximum absolute atomic E-state index is 11.2.